The van der Waals surface area contributed by atoms with Crippen LogP contribution in [0.15, 0.2) is 82.6 Å². The lowest BCUT2D eigenvalue weighted by atomic mass is 10.1. The average molecular weight is 507 g/mol. The van der Waals surface area contributed by atoms with E-state index in [1.54, 1.807) is 24.3 Å². The summed E-state index contributed by atoms with van der Waals surface area (Å²) in [5, 5.41) is 21.4. The second kappa shape index (κ2) is 10.0. The largest absolute Gasteiger partial charge is 0.269 e. The average Bonchev–Trinajstić information content (AvgIpc) is 2.82. The van der Waals surface area contributed by atoms with Gasteiger partial charge in [0.1, 0.15) is 0 Å². The molecule has 0 spiro atoms. The first-order valence-corrected chi connectivity index (χ1v) is 12.5. The van der Waals surface area contributed by atoms with Crippen LogP contribution in [-0.4, -0.2) is 26.7 Å². The molecule has 3 rings (SSSR count). The molecule has 2 N–H and O–H groups in total. The normalized spacial score (nSPS) is 11.8. The third-order valence-electron chi connectivity index (χ3n) is 4.67. The minimum atomic E-state index is -3.89. The van der Waals surface area contributed by atoms with Crippen LogP contribution in [0.5, 0.6) is 0 Å². The number of hydrogen-bond acceptors (Lipinski definition) is 8. The molecule has 0 aliphatic rings. The molecular formula is C20H18N4O8S2. The highest BCUT2D eigenvalue weighted by molar-refractivity contribution is 7.89. The minimum Gasteiger partial charge on any atom is -0.258 e. The zero-order valence-corrected chi connectivity index (χ0v) is 19.0. The molecule has 0 radical (unpaired) electrons. The Hall–Kier alpha value is -3.72. The second-order valence-electron chi connectivity index (χ2n) is 6.97. The molecule has 12 nitrogen and oxygen atoms in total. The highest BCUT2D eigenvalue weighted by Crippen LogP contribution is 2.17. The maximum atomic E-state index is 12.4. The van der Waals surface area contributed by atoms with Crippen molar-refractivity contribution in [1.29, 1.82) is 0 Å². The van der Waals surface area contributed by atoms with Crippen molar-refractivity contribution in [3.05, 3.63) is 104 Å². The summed E-state index contributed by atoms with van der Waals surface area (Å²) in [5.41, 5.74) is 0.761. The first-order chi connectivity index (χ1) is 16.0. The molecule has 3 aromatic carbocycles. The van der Waals surface area contributed by atoms with Gasteiger partial charge in [-0.3, -0.25) is 20.2 Å². The van der Waals surface area contributed by atoms with E-state index in [4.69, 9.17) is 0 Å². The van der Waals surface area contributed by atoms with Gasteiger partial charge in [-0.2, -0.15) is 0 Å². The van der Waals surface area contributed by atoms with Crippen LogP contribution in [0.1, 0.15) is 11.1 Å². The Morgan fingerprint density at radius 3 is 1.12 bits per heavy atom. The quantitative estimate of drug-likeness (QED) is 0.311. The fourth-order valence-corrected chi connectivity index (χ4v) is 4.83. The predicted octanol–water partition coefficient (Wildman–Crippen LogP) is 2.46. The second-order valence-corrected chi connectivity index (χ2v) is 10.5. The van der Waals surface area contributed by atoms with Crippen LogP contribution in [0.4, 0.5) is 11.4 Å². The number of nitrogens with one attached hydrogen (secondary N) is 2. The van der Waals surface area contributed by atoms with Crippen molar-refractivity contribution >= 4 is 31.4 Å². The van der Waals surface area contributed by atoms with Crippen LogP contribution in [0.2, 0.25) is 0 Å². The molecule has 0 bridgehead atoms. The van der Waals surface area contributed by atoms with Gasteiger partial charge in [-0.05, 0) is 35.4 Å². The standard InChI is InChI=1S/C20H18N4O8S2/c25-23(26)17-5-9-19(10-6-17)33(29,30)21-13-15-1-2-16(4-3-15)14-22-34(31,32)20-11-7-18(8-12-20)24(27)28/h1-12,21-22H,13-14H2. The third-order valence-corrected chi connectivity index (χ3v) is 7.51. The first-order valence-electron chi connectivity index (χ1n) is 9.54. The van der Waals surface area contributed by atoms with Crippen molar-refractivity contribution in [3.63, 3.8) is 0 Å². The Labute approximate surface area is 194 Å². The molecule has 0 aromatic heterocycles. The summed E-state index contributed by atoms with van der Waals surface area (Å²) >= 11 is 0. The number of benzene rings is 3. The molecule has 178 valence electrons. The number of nitro groups is 2. The van der Waals surface area contributed by atoms with E-state index in [1.807, 2.05) is 0 Å². The van der Waals surface area contributed by atoms with Crippen LogP contribution in [0, 0.1) is 20.2 Å². The summed E-state index contributed by atoms with van der Waals surface area (Å²) in [7, 11) is -7.77. The third kappa shape index (κ3) is 6.20. The van der Waals surface area contributed by atoms with E-state index in [1.165, 1.54) is 0 Å². The number of non-ortho nitro benzene ring substituents is 2. The van der Waals surface area contributed by atoms with Crippen LogP contribution in [-0.2, 0) is 33.1 Å². The molecule has 0 aliphatic carbocycles. The van der Waals surface area contributed by atoms with E-state index in [2.05, 4.69) is 9.44 Å². The summed E-state index contributed by atoms with van der Waals surface area (Å²) in [4.78, 5) is 19.9. The van der Waals surface area contributed by atoms with Gasteiger partial charge in [-0.1, -0.05) is 24.3 Å². The summed E-state index contributed by atoms with van der Waals surface area (Å²) in [6.45, 7) is -0.0950. The Morgan fingerprint density at radius 1 is 0.559 bits per heavy atom. The maximum Gasteiger partial charge on any atom is 0.269 e. The SMILES string of the molecule is O=[N+]([O-])c1ccc(S(=O)(=O)NCc2ccc(CNS(=O)(=O)c3ccc([N+](=O)[O-])cc3)cc2)cc1. The van der Waals surface area contributed by atoms with Crippen LogP contribution in [0.25, 0.3) is 0 Å². The first kappa shape index (κ1) is 24.9. The molecule has 0 atom stereocenters. The van der Waals surface area contributed by atoms with Crippen LogP contribution >= 0.6 is 0 Å². The molecule has 14 heteroatoms. The van der Waals surface area contributed by atoms with Gasteiger partial charge < -0.3 is 0 Å². The van der Waals surface area contributed by atoms with E-state index >= 15 is 0 Å². The zero-order valence-electron chi connectivity index (χ0n) is 17.3. The van der Waals surface area contributed by atoms with E-state index in [0.29, 0.717) is 11.1 Å². The number of rotatable bonds is 10. The van der Waals surface area contributed by atoms with Crippen molar-refractivity contribution in [2.24, 2.45) is 0 Å². The monoisotopic (exact) mass is 506 g/mol. The smallest absolute Gasteiger partial charge is 0.258 e. The molecule has 0 fully saturated rings. The fraction of sp³-hybridized carbons (Fsp3) is 0.100. The summed E-state index contributed by atoms with van der Waals surface area (Å²) in [6, 6.07) is 15.4. The topological polar surface area (TPSA) is 179 Å². The van der Waals surface area contributed by atoms with Crippen molar-refractivity contribution in [2.45, 2.75) is 22.9 Å². The number of nitro benzene ring substituents is 2. The van der Waals surface area contributed by atoms with Crippen molar-refractivity contribution < 1.29 is 26.7 Å². The maximum absolute atomic E-state index is 12.4. The van der Waals surface area contributed by atoms with Crippen molar-refractivity contribution in [3.8, 4) is 0 Å². The van der Waals surface area contributed by atoms with E-state index in [-0.39, 0.29) is 34.3 Å². The van der Waals surface area contributed by atoms with Gasteiger partial charge in [0, 0.05) is 37.4 Å². The lowest BCUT2D eigenvalue weighted by Gasteiger charge is -2.09. The summed E-state index contributed by atoms with van der Waals surface area (Å²) in [6.07, 6.45) is 0. The summed E-state index contributed by atoms with van der Waals surface area (Å²) in [5.74, 6) is 0. The lowest BCUT2D eigenvalue weighted by molar-refractivity contribution is -0.385. The number of nitrogens with zero attached hydrogens (tertiary/aromatic N) is 2. The van der Waals surface area contributed by atoms with Gasteiger partial charge in [0.2, 0.25) is 20.0 Å². The van der Waals surface area contributed by atoms with Gasteiger partial charge in [-0.25, -0.2) is 26.3 Å². The summed E-state index contributed by atoms with van der Waals surface area (Å²) < 4.78 is 54.2. The van der Waals surface area contributed by atoms with E-state index < -0.39 is 29.9 Å². The van der Waals surface area contributed by atoms with Crippen molar-refractivity contribution in [2.75, 3.05) is 0 Å². The van der Waals surface area contributed by atoms with E-state index in [9.17, 15) is 37.1 Å². The Balaban J connectivity index is 1.58. The number of hydrogen-bond donors (Lipinski definition) is 2. The molecule has 0 heterocycles. The van der Waals surface area contributed by atoms with Crippen molar-refractivity contribution in [1.82, 2.24) is 9.44 Å². The Bertz CT molecular complexity index is 1290. The predicted molar refractivity (Wildman–Crippen MR) is 121 cm³/mol. The minimum absolute atomic E-state index is 0.0475. The Morgan fingerprint density at radius 2 is 0.853 bits per heavy atom. The van der Waals surface area contributed by atoms with Gasteiger partial charge in [0.05, 0.1) is 19.6 Å². The Kier molecular flexibility index (Phi) is 7.36. The molecule has 0 saturated heterocycles. The highest BCUT2D eigenvalue weighted by Gasteiger charge is 2.17. The zero-order chi connectivity index (χ0) is 24.9. The lowest BCUT2D eigenvalue weighted by Crippen LogP contribution is -2.24. The van der Waals surface area contributed by atoms with Crippen LogP contribution in [0.3, 0.4) is 0 Å². The molecule has 0 aliphatic heterocycles. The van der Waals surface area contributed by atoms with Gasteiger partial charge >= 0.3 is 0 Å². The van der Waals surface area contributed by atoms with Crippen LogP contribution < -0.4 is 9.44 Å². The van der Waals surface area contributed by atoms with Gasteiger partial charge in [0.15, 0.2) is 0 Å². The molecule has 0 saturated carbocycles. The fourth-order valence-electron chi connectivity index (χ4n) is 2.79. The molecule has 3 aromatic rings. The molecule has 34 heavy (non-hydrogen) atoms. The highest BCUT2D eigenvalue weighted by atomic mass is 32.2. The number of sulfonamides is 2. The molecular weight excluding hydrogens is 488 g/mol. The van der Waals surface area contributed by atoms with Gasteiger partial charge in [-0.15, -0.1) is 0 Å². The molecule has 0 amide bonds. The van der Waals surface area contributed by atoms with E-state index in [0.717, 1.165) is 48.5 Å². The molecule has 0 unspecified atom stereocenters. The van der Waals surface area contributed by atoms with Gasteiger partial charge in [0.25, 0.3) is 11.4 Å².